The highest BCUT2D eigenvalue weighted by molar-refractivity contribution is 5.79. The van der Waals surface area contributed by atoms with Gasteiger partial charge in [0, 0.05) is 25.8 Å². The van der Waals surface area contributed by atoms with E-state index < -0.39 is 0 Å². The molecule has 1 heterocycles. The van der Waals surface area contributed by atoms with Crippen molar-refractivity contribution in [3.8, 4) is 0 Å². The average molecular weight is 214 g/mol. The standard InChI is InChI=1S/C11H22N2O2/c1-8(2)10(7-12)11(14)13-9-3-5-15-6-4-9/h8-10H,3-7,12H2,1-2H3,(H,13,14). The van der Waals surface area contributed by atoms with Crippen LogP contribution in [-0.4, -0.2) is 31.7 Å². The number of amides is 1. The first-order valence-electron chi connectivity index (χ1n) is 5.73. The Hall–Kier alpha value is -0.610. The number of nitrogens with two attached hydrogens (primary N) is 1. The first-order chi connectivity index (χ1) is 7.15. The molecule has 0 aromatic heterocycles. The summed E-state index contributed by atoms with van der Waals surface area (Å²) in [6, 6.07) is 0.277. The molecule has 1 saturated heterocycles. The first-order valence-corrected chi connectivity index (χ1v) is 5.73. The summed E-state index contributed by atoms with van der Waals surface area (Å²) >= 11 is 0. The van der Waals surface area contributed by atoms with Gasteiger partial charge < -0.3 is 15.8 Å². The van der Waals surface area contributed by atoms with E-state index in [4.69, 9.17) is 10.5 Å². The topological polar surface area (TPSA) is 64.4 Å². The van der Waals surface area contributed by atoms with Crippen LogP contribution in [0.4, 0.5) is 0 Å². The van der Waals surface area contributed by atoms with E-state index in [0.717, 1.165) is 26.1 Å². The zero-order valence-electron chi connectivity index (χ0n) is 9.66. The van der Waals surface area contributed by atoms with Crippen molar-refractivity contribution >= 4 is 5.91 Å². The van der Waals surface area contributed by atoms with Gasteiger partial charge in [-0.3, -0.25) is 4.79 Å². The largest absolute Gasteiger partial charge is 0.381 e. The van der Waals surface area contributed by atoms with Crippen LogP contribution in [-0.2, 0) is 9.53 Å². The molecule has 1 aliphatic heterocycles. The van der Waals surface area contributed by atoms with E-state index >= 15 is 0 Å². The Morgan fingerprint density at radius 3 is 2.53 bits per heavy atom. The third kappa shape index (κ3) is 3.80. The highest BCUT2D eigenvalue weighted by atomic mass is 16.5. The van der Waals surface area contributed by atoms with Crippen LogP contribution in [0.3, 0.4) is 0 Å². The molecule has 4 nitrogen and oxygen atoms in total. The highest BCUT2D eigenvalue weighted by Gasteiger charge is 2.23. The molecule has 0 radical (unpaired) electrons. The van der Waals surface area contributed by atoms with Gasteiger partial charge in [-0.1, -0.05) is 13.8 Å². The molecule has 0 bridgehead atoms. The lowest BCUT2D eigenvalue weighted by Crippen LogP contribution is -2.45. The molecule has 3 N–H and O–H groups in total. The molecular weight excluding hydrogens is 192 g/mol. The number of ether oxygens (including phenoxy) is 1. The molecule has 0 aromatic rings. The molecular formula is C11H22N2O2. The van der Waals surface area contributed by atoms with Crippen molar-refractivity contribution in [2.45, 2.75) is 32.7 Å². The van der Waals surface area contributed by atoms with Crippen molar-refractivity contribution in [2.75, 3.05) is 19.8 Å². The van der Waals surface area contributed by atoms with Crippen LogP contribution in [0.2, 0.25) is 0 Å². The average Bonchev–Trinajstić information content (AvgIpc) is 2.19. The quantitative estimate of drug-likeness (QED) is 0.717. The summed E-state index contributed by atoms with van der Waals surface area (Å²) in [5.74, 6) is 0.335. The molecule has 0 aliphatic carbocycles. The Morgan fingerprint density at radius 1 is 1.47 bits per heavy atom. The van der Waals surface area contributed by atoms with Crippen LogP contribution < -0.4 is 11.1 Å². The van der Waals surface area contributed by atoms with Gasteiger partial charge in [-0.15, -0.1) is 0 Å². The third-order valence-corrected chi connectivity index (χ3v) is 2.96. The van der Waals surface area contributed by atoms with Gasteiger partial charge in [0.1, 0.15) is 0 Å². The molecule has 0 spiro atoms. The van der Waals surface area contributed by atoms with Crippen LogP contribution in [0, 0.1) is 11.8 Å². The fourth-order valence-corrected chi connectivity index (χ4v) is 1.83. The van der Waals surface area contributed by atoms with Crippen LogP contribution in [0.25, 0.3) is 0 Å². The predicted octanol–water partition coefficient (Wildman–Crippen LogP) is 0.513. The van der Waals surface area contributed by atoms with Gasteiger partial charge in [-0.2, -0.15) is 0 Å². The van der Waals surface area contributed by atoms with Gasteiger partial charge in [-0.25, -0.2) is 0 Å². The normalized spacial score (nSPS) is 20.3. The number of nitrogens with one attached hydrogen (secondary N) is 1. The van der Waals surface area contributed by atoms with E-state index in [1.807, 2.05) is 13.8 Å². The molecule has 88 valence electrons. The number of hydrogen-bond acceptors (Lipinski definition) is 3. The minimum absolute atomic E-state index is 0.0622. The van der Waals surface area contributed by atoms with Crippen molar-refractivity contribution in [1.82, 2.24) is 5.32 Å². The Balaban J connectivity index is 2.38. The summed E-state index contributed by atoms with van der Waals surface area (Å²) in [6.45, 7) is 5.98. The van der Waals surface area contributed by atoms with Crippen LogP contribution in [0.5, 0.6) is 0 Å². The highest BCUT2D eigenvalue weighted by Crippen LogP contribution is 2.12. The van der Waals surface area contributed by atoms with E-state index in [1.54, 1.807) is 0 Å². The molecule has 1 atom stereocenters. The van der Waals surface area contributed by atoms with Crippen molar-refractivity contribution < 1.29 is 9.53 Å². The number of rotatable bonds is 4. The summed E-state index contributed by atoms with van der Waals surface area (Å²) in [5.41, 5.74) is 5.59. The molecule has 1 aliphatic rings. The number of carbonyl (C=O) groups is 1. The zero-order chi connectivity index (χ0) is 11.3. The Labute approximate surface area is 91.5 Å². The number of hydrogen-bond donors (Lipinski definition) is 2. The molecule has 1 fully saturated rings. The maximum atomic E-state index is 11.9. The van der Waals surface area contributed by atoms with Crippen LogP contribution in [0.15, 0.2) is 0 Å². The molecule has 1 amide bonds. The molecule has 0 aromatic carbocycles. The fraction of sp³-hybridized carbons (Fsp3) is 0.909. The Bertz CT molecular complexity index is 201. The lowest BCUT2D eigenvalue weighted by atomic mass is 9.94. The summed E-state index contributed by atoms with van der Waals surface area (Å²) in [7, 11) is 0. The molecule has 1 unspecified atom stereocenters. The maximum absolute atomic E-state index is 11.9. The minimum Gasteiger partial charge on any atom is -0.381 e. The molecule has 1 rings (SSSR count). The van der Waals surface area contributed by atoms with E-state index in [2.05, 4.69) is 5.32 Å². The van der Waals surface area contributed by atoms with Gasteiger partial charge in [0.25, 0.3) is 0 Å². The van der Waals surface area contributed by atoms with E-state index in [0.29, 0.717) is 12.5 Å². The van der Waals surface area contributed by atoms with Gasteiger partial charge in [0.05, 0.1) is 5.92 Å². The maximum Gasteiger partial charge on any atom is 0.224 e. The van der Waals surface area contributed by atoms with Crippen molar-refractivity contribution in [2.24, 2.45) is 17.6 Å². The summed E-state index contributed by atoms with van der Waals surface area (Å²) in [6.07, 6.45) is 1.84. The Morgan fingerprint density at radius 2 is 2.07 bits per heavy atom. The second kappa shape index (κ2) is 6.08. The van der Waals surface area contributed by atoms with E-state index in [9.17, 15) is 4.79 Å². The number of carbonyl (C=O) groups excluding carboxylic acids is 1. The van der Waals surface area contributed by atoms with Crippen molar-refractivity contribution in [1.29, 1.82) is 0 Å². The second-order valence-electron chi connectivity index (χ2n) is 4.48. The van der Waals surface area contributed by atoms with E-state index in [1.165, 1.54) is 0 Å². The van der Waals surface area contributed by atoms with Gasteiger partial charge in [-0.05, 0) is 18.8 Å². The van der Waals surface area contributed by atoms with Crippen molar-refractivity contribution in [3.63, 3.8) is 0 Å². The smallest absolute Gasteiger partial charge is 0.224 e. The SMILES string of the molecule is CC(C)C(CN)C(=O)NC1CCOCC1. The lowest BCUT2D eigenvalue weighted by molar-refractivity contribution is -0.127. The molecule has 0 saturated carbocycles. The van der Waals surface area contributed by atoms with E-state index in [-0.39, 0.29) is 17.9 Å². The molecule has 15 heavy (non-hydrogen) atoms. The van der Waals surface area contributed by atoms with Crippen molar-refractivity contribution in [3.05, 3.63) is 0 Å². The van der Waals surface area contributed by atoms with Gasteiger partial charge in [0.15, 0.2) is 0 Å². The predicted molar refractivity (Wildman–Crippen MR) is 59.4 cm³/mol. The van der Waals surface area contributed by atoms with Crippen LogP contribution in [0.1, 0.15) is 26.7 Å². The summed E-state index contributed by atoms with van der Waals surface area (Å²) in [4.78, 5) is 11.9. The zero-order valence-corrected chi connectivity index (χ0v) is 9.66. The summed E-state index contributed by atoms with van der Waals surface area (Å²) in [5, 5.41) is 3.05. The first kappa shape index (κ1) is 12.5. The fourth-order valence-electron chi connectivity index (χ4n) is 1.83. The lowest BCUT2D eigenvalue weighted by Gasteiger charge is -2.26. The molecule has 4 heteroatoms. The second-order valence-corrected chi connectivity index (χ2v) is 4.48. The minimum atomic E-state index is -0.0622. The monoisotopic (exact) mass is 214 g/mol. The van der Waals surface area contributed by atoms with Gasteiger partial charge >= 0.3 is 0 Å². The summed E-state index contributed by atoms with van der Waals surface area (Å²) < 4.78 is 5.24. The Kier molecular flexibility index (Phi) is 5.05. The third-order valence-electron chi connectivity index (χ3n) is 2.96. The van der Waals surface area contributed by atoms with Crippen LogP contribution >= 0.6 is 0 Å². The van der Waals surface area contributed by atoms with Gasteiger partial charge in [0.2, 0.25) is 5.91 Å².